The quantitative estimate of drug-likeness (QED) is 0.457. The number of nitrogens with zero attached hydrogens (tertiary/aromatic N) is 3. The van der Waals surface area contributed by atoms with Crippen LogP contribution in [0, 0.1) is 0 Å². The van der Waals surface area contributed by atoms with Crippen molar-refractivity contribution < 1.29 is 4.79 Å². The minimum absolute atomic E-state index is 0. The van der Waals surface area contributed by atoms with E-state index in [1.165, 1.54) is 0 Å². The van der Waals surface area contributed by atoms with E-state index >= 15 is 0 Å². The van der Waals surface area contributed by atoms with Crippen LogP contribution in [0.25, 0.3) is 21.8 Å². The van der Waals surface area contributed by atoms with E-state index in [1.807, 2.05) is 36.4 Å². The van der Waals surface area contributed by atoms with Crippen LogP contribution in [0.15, 0.2) is 72.8 Å². The zero-order valence-corrected chi connectivity index (χ0v) is 17.8. The molecular formula is C24H24ClN5O. The lowest BCUT2D eigenvalue weighted by atomic mass is 10.1. The SMILES string of the molecule is Cl.NC(=O)N1CCN(c2ccc(Nc3c4ccccc4nc4ccccc34)cc2)CC1. The lowest BCUT2D eigenvalue weighted by molar-refractivity contribution is 0.204. The number of fused-ring (bicyclic) bond motifs is 2. The van der Waals surface area contributed by atoms with Crippen LogP contribution < -0.4 is 16.0 Å². The zero-order chi connectivity index (χ0) is 20.5. The van der Waals surface area contributed by atoms with E-state index in [1.54, 1.807) is 4.90 Å². The molecule has 0 saturated carbocycles. The van der Waals surface area contributed by atoms with Crippen molar-refractivity contribution in [3.05, 3.63) is 72.8 Å². The third-order valence-corrected chi connectivity index (χ3v) is 5.68. The number of para-hydroxylation sites is 2. The number of carbonyl (C=O) groups excluding carboxylic acids is 1. The van der Waals surface area contributed by atoms with Crippen LogP contribution in [0.4, 0.5) is 21.9 Å². The number of halogens is 1. The van der Waals surface area contributed by atoms with Crippen molar-refractivity contribution in [1.29, 1.82) is 0 Å². The van der Waals surface area contributed by atoms with Gasteiger partial charge in [0.1, 0.15) is 0 Å². The maximum Gasteiger partial charge on any atom is 0.314 e. The van der Waals surface area contributed by atoms with Gasteiger partial charge >= 0.3 is 6.03 Å². The first kappa shape index (κ1) is 20.8. The Morgan fingerprint density at radius 2 is 1.35 bits per heavy atom. The lowest BCUT2D eigenvalue weighted by Crippen LogP contribution is -2.50. The van der Waals surface area contributed by atoms with Crippen LogP contribution in [0.3, 0.4) is 0 Å². The average Bonchev–Trinajstić information content (AvgIpc) is 2.79. The molecule has 0 bridgehead atoms. The Hall–Kier alpha value is -3.51. The predicted octanol–water partition coefficient (Wildman–Crippen LogP) is 4.75. The second kappa shape index (κ2) is 8.70. The zero-order valence-electron chi connectivity index (χ0n) is 17.0. The van der Waals surface area contributed by atoms with Crippen LogP contribution in [0.1, 0.15) is 0 Å². The minimum atomic E-state index is -0.342. The van der Waals surface area contributed by atoms with Crippen LogP contribution in [-0.2, 0) is 0 Å². The third-order valence-electron chi connectivity index (χ3n) is 5.68. The maximum absolute atomic E-state index is 11.3. The Kier molecular flexibility index (Phi) is 5.82. The van der Waals surface area contributed by atoms with Crippen molar-refractivity contribution in [2.75, 3.05) is 36.4 Å². The van der Waals surface area contributed by atoms with Gasteiger partial charge in [-0.2, -0.15) is 0 Å². The van der Waals surface area contributed by atoms with Crippen molar-refractivity contribution in [2.24, 2.45) is 5.73 Å². The topological polar surface area (TPSA) is 74.5 Å². The molecule has 1 aromatic heterocycles. The number of urea groups is 1. The van der Waals surface area contributed by atoms with Gasteiger partial charge in [0.15, 0.2) is 0 Å². The van der Waals surface area contributed by atoms with Gasteiger partial charge in [0.05, 0.1) is 16.7 Å². The molecule has 0 atom stereocenters. The summed E-state index contributed by atoms with van der Waals surface area (Å²) >= 11 is 0. The fraction of sp³-hybridized carbons (Fsp3) is 0.167. The fourth-order valence-corrected chi connectivity index (χ4v) is 4.06. The largest absolute Gasteiger partial charge is 0.368 e. The Balaban J connectivity index is 0.00000231. The molecule has 1 aliphatic heterocycles. The fourth-order valence-electron chi connectivity index (χ4n) is 4.06. The monoisotopic (exact) mass is 433 g/mol. The molecule has 2 amide bonds. The summed E-state index contributed by atoms with van der Waals surface area (Å²) in [5, 5.41) is 5.81. The van der Waals surface area contributed by atoms with E-state index in [-0.39, 0.29) is 18.4 Å². The van der Waals surface area contributed by atoms with E-state index in [9.17, 15) is 4.79 Å². The highest BCUT2D eigenvalue weighted by Crippen LogP contribution is 2.33. The van der Waals surface area contributed by atoms with Crippen LogP contribution >= 0.6 is 12.4 Å². The molecule has 3 aromatic carbocycles. The van der Waals surface area contributed by atoms with Crippen molar-refractivity contribution in [3.63, 3.8) is 0 Å². The normalized spacial score (nSPS) is 13.8. The number of benzene rings is 3. The van der Waals surface area contributed by atoms with Crippen molar-refractivity contribution in [2.45, 2.75) is 0 Å². The standard InChI is InChI=1S/C24H23N5O.ClH/c25-24(30)29-15-13-28(14-16-29)18-11-9-17(10-12-18)26-23-19-5-1-3-7-21(19)27-22-8-4-2-6-20(22)23;/h1-12H,13-16H2,(H2,25,30)(H,26,27);1H. The van der Waals surface area contributed by atoms with E-state index in [0.29, 0.717) is 13.1 Å². The van der Waals surface area contributed by atoms with Gasteiger partial charge in [0.2, 0.25) is 0 Å². The minimum Gasteiger partial charge on any atom is -0.368 e. The predicted molar refractivity (Wildman–Crippen MR) is 130 cm³/mol. The maximum atomic E-state index is 11.3. The van der Waals surface area contributed by atoms with Crippen LogP contribution in [0.2, 0.25) is 0 Å². The number of primary amides is 1. The van der Waals surface area contributed by atoms with E-state index in [0.717, 1.165) is 52.0 Å². The number of anilines is 3. The third kappa shape index (κ3) is 4.07. The molecule has 158 valence electrons. The Labute approximate surface area is 187 Å². The van der Waals surface area contributed by atoms with Gasteiger partial charge in [-0.05, 0) is 36.4 Å². The summed E-state index contributed by atoms with van der Waals surface area (Å²) in [4.78, 5) is 20.1. The van der Waals surface area contributed by atoms with Gasteiger partial charge in [-0.25, -0.2) is 9.78 Å². The summed E-state index contributed by atoms with van der Waals surface area (Å²) in [6.07, 6.45) is 0. The molecule has 0 spiro atoms. The number of hydrogen-bond acceptors (Lipinski definition) is 4. The molecule has 0 radical (unpaired) electrons. The number of pyridine rings is 1. The second-order valence-electron chi connectivity index (χ2n) is 7.51. The van der Waals surface area contributed by atoms with Crippen LogP contribution in [-0.4, -0.2) is 42.1 Å². The van der Waals surface area contributed by atoms with Crippen molar-refractivity contribution in [3.8, 4) is 0 Å². The van der Waals surface area contributed by atoms with Gasteiger partial charge in [-0.15, -0.1) is 12.4 Å². The molecule has 3 N–H and O–H groups in total. The number of hydrogen-bond donors (Lipinski definition) is 2. The number of nitrogens with two attached hydrogens (primary N) is 1. The number of carbonyl (C=O) groups is 1. The first-order chi connectivity index (χ1) is 14.7. The van der Waals surface area contributed by atoms with Gasteiger partial charge < -0.3 is 20.9 Å². The number of amides is 2. The number of nitrogens with one attached hydrogen (secondary N) is 1. The molecule has 5 rings (SSSR count). The van der Waals surface area contributed by atoms with E-state index in [2.05, 4.69) is 46.6 Å². The highest BCUT2D eigenvalue weighted by Gasteiger charge is 2.19. The Morgan fingerprint density at radius 1 is 0.806 bits per heavy atom. The number of aromatic nitrogens is 1. The highest BCUT2D eigenvalue weighted by molar-refractivity contribution is 6.08. The molecule has 2 heterocycles. The Morgan fingerprint density at radius 3 is 1.90 bits per heavy atom. The smallest absolute Gasteiger partial charge is 0.314 e. The highest BCUT2D eigenvalue weighted by atomic mass is 35.5. The molecule has 1 fully saturated rings. The van der Waals surface area contributed by atoms with Gasteiger partial charge in [0, 0.05) is 48.3 Å². The molecule has 4 aromatic rings. The summed E-state index contributed by atoms with van der Waals surface area (Å²) in [6.45, 7) is 2.89. The molecule has 7 heteroatoms. The Bertz CT molecular complexity index is 1170. The molecule has 31 heavy (non-hydrogen) atoms. The summed E-state index contributed by atoms with van der Waals surface area (Å²) in [5.74, 6) is 0. The average molecular weight is 434 g/mol. The number of rotatable bonds is 3. The molecule has 6 nitrogen and oxygen atoms in total. The van der Waals surface area contributed by atoms with Gasteiger partial charge in [-0.3, -0.25) is 0 Å². The first-order valence-corrected chi connectivity index (χ1v) is 10.1. The van der Waals surface area contributed by atoms with Crippen LogP contribution in [0.5, 0.6) is 0 Å². The summed E-state index contributed by atoms with van der Waals surface area (Å²) < 4.78 is 0. The molecule has 1 saturated heterocycles. The molecular weight excluding hydrogens is 410 g/mol. The summed E-state index contributed by atoms with van der Waals surface area (Å²) in [5.41, 5.74) is 10.6. The molecule has 0 aliphatic carbocycles. The summed E-state index contributed by atoms with van der Waals surface area (Å²) in [6, 6.07) is 24.5. The molecule has 0 unspecified atom stereocenters. The summed E-state index contributed by atoms with van der Waals surface area (Å²) in [7, 11) is 0. The van der Waals surface area contributed by atoms with Crippen molar-refractivity contribution in [1.82, 2.24) is 9.88 Å². The number of piperazine rings is 1. The molecule has 1 aliphatic rings. The lowest BCUT2D eigenvalue weighted by Gasteiger charge is -2.35. The van der Waals surface area contributed by atoms with Crippen molar-refractivity contribution >= 4 is 57.3 Å². The van der Waals surface area contributed by atoms with Gasteiger partial charge in [-0.1, -0.05) is 36.4 Å². The van der Waals surface area contributed by atoms with Gasteiger partial charge in [0.25, 0.3) is 0 Å². The second-order valence-corrected chi connectivity index (χ2v) is 7.51. The van der Waals surface area contributed by atoms with E-state index < -0.39 is 0 Å². The van der Waals surface area contributed by atoms with E-state index in [4.69, 9.17) is 10.7 Å². The first-order valence-electron chi connectivity index (χ1n) is 10.1.